The summed E-state index contributed by atoms with van der Waals surface area (Å²) in [7, 11) is 0. The second-order valence-electron chi connectivity index (χ2n) is 6.41. The number of nitriles is 1. The molecule has 0 spiro atoms. The zero-order chi connectivity index (χ0) is 19.4. The Labute approximate surface area is 159 Å². The Hall–Kier alpha value is -3.58. The summed E-state index contributed by atoms with van der Waals surface area (Å²) in [6.07, 6.45) is 3.50. The number of carbonyl (C=O) groups excluding carboxylic acids is 1. The minimum absolute atomic E-state index is 0.0696. The minimum atomic E-state index is -0.415. The minimum Gasteiger partial charge on any atom is -0.340 e. The molecule has 0 atom stereocenters. The topological polar surface area (TPSA) is 57.8 Å². The van der Waals surface area contributed by atoms with E-state index in [0.717, 1.165) is 27.7 Å². The van der Waals surface area contributed by atoms with Crippen LogP contribution in [0.25, 0.3) is 17.0 Å². The Morgan fingerprint density at radius 2 is 1.89 bits per heavy atom. The van der Waals surface area contributed by atoms with E-state index in [4.69, 9.17) is 0 Å². The number of carbonyl (C=O) groups is 1. The fraction of sp³-hybridized carbons (Fsp3) is 0.130. The molecule has 0 fully saturated rings. The molecule has 3 aromatic rings. The van der Waals surface area contributed by atoms with Gasteiger partial charge >= 0.3 is 0 Å². The van der Waals surface area contributed by atoms with Gasteiger partial charge in [0.1, 0.15) is 11.6 Å². The van der Waals surface area contributed by atoms with E-state index in [1.165, 1.54) is 0 Å². The second kappa shape index (κ2) is 7.76. The summed E-state index contributed by atoms with van der Waals surface area (Å²) < 4.78 is 2.13. The average Bonchev–Trinajstić information content (AvgIpc) is 2.93. The zero-order valence-corrected chi connectivity index (χ0v) is 15.5. The van der Waals surface area contributed by atoms with Gasteiger partial charge in [-0.15, -0.1) is 6.58 Å². The van der Waals surface area contributed by atoms with E-state index < -0.39 is 5.91 Å². The number of fused-ring (bicyclic) bond motifs is 1. The summed E-state index contributed by atoms with van der Waals surface area (Å²) in [4.78, 5) is 12.6. The van der Waals surface area contributed by atoms with Crippen LogP contribution in [0.1, 0.15) is 16.8 Å². The molecule has 4 heteroatoms. The monoisotopic (exact) mass is 355 g/mol. The van der Waals surface area contributed by atoms with E-state index in [0.29, 0.717) is 12.2 Å². The van der Waals surface area contributed by atoms with Crippen molar-refractivity contribution in [2.24, 2.45) is 0 Å². The molecule has 0 saturated carbocycles. The van der Waals surface area contributed by atoms with Gasteiger partial charge in [0.15, 0.2) is 0 Å². The van der Waals surface area contributed by atoms with E-state index in [9.17, 15) is 10.1 Å². The third kappa shape index (κ3) is 3.68. The van der Waals surface area contributed by atoms with Crippen LogP contribution < -0.4 is 5.32 Å². The van der Waals surface area contributed by atoms with Crippen molar-refractivity contribution in [1.29, 1.82) is 5.26 Å². The predicted molar refractivity (Wildman–Crippen MR) is 110 cm³/mol. The van der Waals surface area contributed by atoms with Crippen molar-refractivity contribution < 1.29 is 4.79 Å². The van der Waals surface area contributed by atoms with Gasteiger partial charge in [-0.25, -0.2) is 0 Å². The Balaban J connectivity index is 2.02. The zero-order valence-electron chi connectivity index (χ0n) is 15.5. The number of allylic oxidation sites excluding steroid dienone is 1. The van der Waals surface area contributed by atoms with Crippen molar-refractivity contribution >= 4 is 28.6 Å². The van der Waals surface area contributed by atoms with Crippen LogP contribution in [0.15, 0.2) is 66.8 Å². The lowest BCUT2D eigenvalue weighted by atomic mass is 10.1. The van der Waals surface area contributed by atoms with Gasteiger partial charge in [0.25, 0.3) is 5.91 Å². The summed E-state index contributed by atoms with van der Waals surface area (Å²) in [6, 6.07) is 17.5. The molecule has 0 aliphatic heterocycles. The first-order valence-corrected chi connectivity index (χ1v) is 8.73. The molecule has 1 heterocycles. The molecule has 3 rings (SSSR count). The number of hydrogen-bond donors (Lipinski definition) is 1. The molecule has 1 amide bonds. The quantitative estimate of drug-likeness (QED) is 0.398. The molecule has 0 aliphatic rings. The van der Waals surface area contributed by atoms with Crippen molar-refractivity contribution in [3.8, 4) is 6.07 Å². The van der Waals surface area contributed by atoms with Crippen LogP contribution in [-0.2, 0) is 11.3 Å². The van der Waals surface area contributed by atoms with Gasteiger partial charge in [-0.2, -0.15) is 5.26 Å². The third-order valence-electron chi connectivity index (χ3n) is 4.55. The number of nitrogens with zero attached hydrogens (tertiary/aromatic N) is 2. The maximum atomic E-state index is 12.6. The highest BCUT2D eigenvalue weighted by Crippen LogP contribution is 2.28. The molecule has 0 saturated heterocycles. The summed E-state index contributed by atoms with van der Waals surface area (Å²) in [5.74, 6) is -0.415. The normalized spacial score (nSPS) is 11.2. The molecular formula is C23H21N3O. The van der Waals surface area contributed by atoms with Crippen molar-refractivity contribution in [3.63, 3.8) is 0 Å². The van der Waals surface area contributed by atoms with Gasteiger partial charge in [-0.1, -0.05) is 42.0 Å². The number of aromatic nitrogens is 1. The fourth-order valence-electron chi connectivity index (χ4n) is 3.13. The van der Waals surface area contributed by atoms with Gasteiger partial charge < -0.3 is 9.88 Å². The number of amides is 1. The van der Waals surface area contributed by atoms with Gasteiger partial charge in [0, 0.05) is 34.4 Å². The molecule has 1 N–H and O–H groups in total. The first-order chi connectivity index (χ1) is 13.0. The van der Waals surface area contributed by atoms with E-state index >= 15 is 0 Å². The summed E-state index contributed by atoms with van der Waals surface area (Å²) >= 11 is 0. The summed E-state index contributed by atoms with van der Waals surface area (Å²) in [5, 5.41) is 13.3. The maximum Gasteiger partial charge on any atom is 0.266 e. The first-order valence-electron chi connectivity index (χ1n) is 8.73. The molecule has 0 bridgehead atoms. The maximum absolute atomic E-state index is 12.6. The highest BCUT2D eigenvalue weighted by Gasteiger charge is 2.15. The Bertz CT molecular complexity index is 1080. The third-order valence-corrected chi connectivity index (χ3v) is 4.55. The fourth-order valence-corrected chi connectivity index (χ4v) is 3.13. The van der Waals surface area contributed by atoms with Crippen LogP contribution in [0, 0.1) is 25.2 Å². The number of hydrogen-bond acceptors (Lipinski definition) is 2. The second-order valence-corrected chi connectivity index (χ2v) is 6.41. The largest absolute Gasteiger partial charge is 0.340 e. The lowest BCUT2D eigenvalue weighted by Crippen LogP contribution is -2.13. The number of rotatable bonds is 5. The average molecular weight is 355 g/mol. The molecule has 4 nitrogen and oxygen atoms in total. The van der Waals surface area contributed by atoms with Gasteiger partial charge in [-0.3, -0.25) is 4.79 Å². The van der Waals surface area contributed by atoms with Crippen molar-refractivity contribution in [1.82, 2.24) is 4.57 Å². The van der Waals surface area contributed by atoms with Crippen LogP contribution >= 0.6 is 0 Å². The summed E-state index contributed by atoms with van der Waals surface area (Å²) in [5.41, 5.74) is 4.76. The number of nitrogens with one attached hydrogen (secondary N) is 1. The number of anilines is 1. The van der Waals surface area contributed by atoms with Crippen LogP contribution in [0.2, 0.25) is 0 Å². The van der Waals surface area contributed by atoms with Gasteiger partial charge in [0.05, 0.1) is 0 Å². The molecule has 1 aromatic heterocycles. The standard InChI is InChI=1S/C23H21N3O/c1-4-13-26-17(3)21(20-7-5-6-8-22(20)26)14-18(15-24)23(27)25-19-11-9-16(2)10-12-19/h4-12,14H,1,13H2,2-3H3,(H,25,27). The lowest BCUT2D eigenvalue weighted by Gasteiger charge is -2.05. The predicted octanol–water partition coefficient (Wildman–Crippen LogP) is 4.99. The van der Waals surface area contributed by atoms with Crippen LogP contribution in [0.3, 0.4) is 0 Å². The van der Waals surface area contributed by atoms with Crippen LogP contribution in [0.5, 0.6) is 0 Å². The van der Waals surface area contributed by atoms with Crippen molar-refractivity contribution in [2.45, 2.75) is 20.4 Å². The van der Waals surface area contributed by atoms with E-state index in [2.05, 4.69) is 16.5 Å². The molecule has 0 aliphatic carbocycles. The Kier molecular flexibility index (Phi) is 5.23. The highest BCUT2D eigenvalue weighted by atomic mass is 16.1. The van der Waals surface area contributed by atoms with Crippen molar-refractivity contribution in [3.05, 3.63) is 83.6 Å². The number of benzene rings is 2. The molecular weight excluding hydrogens is 334 g/mol. The Morgan fingerprint density at radius 1 is 1.19 bits per heavy atom. The molecule has 0 radical (unpaired) electrons. The van der Waals surface area contributed by atoms with Crippen LogP contribution in [-0.4, -0.2) is 10.5 Å². The molecule has 0 unspecified atom stereocenters. The first kappa shape index (κ1) is 18.2. The highest BCUT2D eigenvalue weighted by molar-refractivity contribution is 6.11. The summed E-state index contributed by atoms with van der Waals surface area (Å²) in [6.45, 7) is 8.45. The van der Waals surface area contributed by atoms with E-state index in [1.54, 1.807) is 6.08 Å². The lowest BCUT2D eigenvalue weighted by molar-refractivity contribution is -0.112. The van der Waals surface area contributed by atoms with Gasteiger partial charge in [0.2, 0.25) is 0 Å². The van der Waals surface area contributed by atoms with E-state index in [1.807, 2.05) is 74.5 Å². The van der Waals surface area contributed by atoms with Crippen LogP contribution in [0.4, 0.5) is 5.69 Å². The smallest absolute Gasteiger partial charge is 0.266 e. The number of aryl methyl sites for hydroxylation is 1. The molecule has 2 aromatic carbocycles. The molecule has 134 valence electrons. The number of para-hydroxylation sites is 1. The van der Waals surface area contributed by atoms with Gasteiger partial charge in [-0.05, 0) is 38.1 Å². The Morgan fingerprint density at radius 3 is 2.56 bits per heavy atom. The molecule has 27 heavy (non-hydrogen) atoms. The van der Waals surface area contributed by atoms with E-state index in [-0.39, 0.29) is 5.57 Å². The SMILES string of the molecule is C=CCn1c(C)c(C=C(C#N)C(=O)Nc2ccc(C)cc2)c2ccccc21. The van der Waals surface area contributed by atoms with Crippen molar-refractivity contribution in [2.75, 3.05) is 5.32 Å².